The third-order valence-electron chi connectivity index (χ3n) is 2.92. The van der Waals surface area contributed by atoms with Gasteiger partial charge in [0.2, 0.25) is 11.8 Å². The fourth-order valence-corrected chi connectivity index (χ4v) is 1.96. The molecule has 1 unspecified atom stereocenters. The molecule has 1 fully saturated rings. The largest absolute Gasteiger partial charge is 0.387 e. The molecule has 0 radical (unpaired) electrons. The lowest BCUT2D eigenvalue weighted by Crippen LogP contribution is -2.42. The van der Waals surface area contributed by atoms with Gasteiger partial charge in [0.15, 0.2) is 0 Å². The van der Waals surface area contributed by atoms with E-state index in [1.54, 1.807) is 12.1 Å². The number of carbonyl (C=O) groups is 2. The standard InChI is InChI=1S/C13H15NO3/c15-11(10-5-2-1-3-6-10)9-14-12(16)7-4-8-13(14)17/h1-3,5-6,11,15H,4,7-9H2. The summed E-state index contributed by atoms with van der Waals surface area (Å²) in [6.07, 6.45) is 0.609. The van der Waals surface area contributed by atoms with E-state index < -0.39 is 6.10 Å². The number of benzene rings is 1. The highest BCUT2D eigenvalue weighted by Crippen LogP contribution is 2.18. The lowest BCUT2D eigenvalue weighted by Gasteiger charge is -2.27. The van der Waals surface area contributed by atoms with Crippen LogP contribution in [0.5, 0.6) is 0 Å². The quantitative estimate of drug-likeness (QED) is 0.799. The van der Waals surface area contributed by atoms with E-state index in [9.17, 15) is 14.7 Å². The number of nitrogens with zero attached hydrogens (tertiary/aromatic N) is 1. The fraction of sp³-hybridized carbons (Fsp3) is 0.385. The molecule has 0 saturated carbocycles. The molecule has 1 aliphatic rings. The molecule has 0 aliphatic carbocycles. The molecule has 17 heavy (non-hydrogen) atoms. The summed E-state index contributed by atoms with van der Waals surface area (Å²) in [6.45, 7) is 0.0572. The van der Waals surface area contributed by atoms with E-state index >= 15 is 0 Å². The average molecular weight is 233 g/mol. The van der Waals surface area contributed by atoms with Gasteiger partial charge in [0, 0.05) is 12.8 Å². The number of carbonyl (C=O) groups excluding carboxylic acids is 2. The topological polar surface area (TPSA) is 57.6 Å². The molecule has 1 N–H and O–H groups in total. The minimum absolute atomic E-state index is 0.0572. The molecular weight excluding hydrogens is 218 g/mol. The van der Waals surface area contributed by atoms with Crippen LogP contribution in [0.15, 0.2) is 30.3 Å². The molecule has 2 rings (SSSR count). The van der Waals surface area contributed by atoms with Gasteiger partial charge < -0.3 is 5.11 Å². The number of hydrogen-bond donors (Lipinski definition) is 1. The van der Waals surface area contributed by atoms with Crippen molar-refractivity contribution in [2.45, 2.75) is 25.4 Å². The highest BCUT2D eigenvalue weighted by molar-refractivity contribution is 5.97. The van der Waals surface area contributed by atoms with Crippen LogP contribution in [0.4, 0.5) is 0 Å². The normalized spacial score (nSPS) is 18.3. The molecular formula is C13H15NO3. The second-order valence-electron chi connectivity index (χ2n) is 4.18. The van der Waals surface area contributed by atoms with Gasteiger partial charge in [-0.25, -0.2) is 0 Å². The second-order valence-corrected chi connectivity index (χ2v) is 4.18. The molecule has 1 aromatic carbocycles. The maximum Gasteiger partial charge on any atom is 0.229 e. The molecule has 1 aromatic rings. The Morgan fingerprint density at radius 1 is 1.12 bits per heavy atom. The van der Waals surface area contributed by atoms with Crippen LogP contribution in [0.1, 0.15) is 30.9 Å². The van der Waals surface area contributed by atoms with E-state index in [2.05, 4.69) is 0 Å². The lowest BCUT2D eigenvalue weighted by atomic mass is 10.1. The van der Waals surface area contributed by atoms with Gasteiger partial charge in [-0.15, -0.1) is 0 Å². The molecule has 0 aromatic heterocycles. The van der Waals surface area contributed by atoms with Crippen molar-refractivity contribution >= 4 is 11.8 Å². The lowest BCUT2D eigenvalue weighted by molar-refractivity contribution is -0.149. The van der Waals surface area contributed by atoms with Gasteiger partial charge in [0.1, 0.15) is 0 Å². The van der Waals surface area contributed by atoms with Crippen molar-refractivity contribution in [1.29, 1.82) is 0 Å². The fourth-order valence-electron chi connectivity index (χ4n) is 1.96. The summed E-state index contributed by atoms with van der Waals surface area (Å²) in [6, 6.07) is 9.05. The van der Waals surface area contributed by atoms with Crippen LogP contribution in [0, 0.1) is 0 Å². The number of amides is 2. The van der Waals surface area contributed by atoms with E-state index in [0.717, 1.165) is 5.56 Å². The van der Waals surface area contributed by atoms with Crippen molar-refractivity contribution in [3.05, 3.63) is 35.9 Å². The Balaban J connectivity index is 2.05. The first-order valence-electron chi connectivity index (χ1n) is 5.74. The maximum absolute atomic E-state index is 11.6. The summed E-state index contributed by atoms with van der Waals surface area (Å²) < 4.78 is 0. The molecule has 1 saturated heterocycles. The van der Waals surface area contributed by atoms with Crippen LogP contribution < -0.4 is 0 Å². The van der Waals surface area contributed by atoms with E-state index in [4.69, 9.17) is 0 Å². The molecule has 1 aliphatic heterocycles. The van der Waals surface area contributed by atoms with Gasteiger partial charge in [-0.2, -0.15) is 0 Å². The minimum Gasteiger partial charge on any atom is -0.387 e. The van der Waals surface area contributed by atoms with Crippen LogP contribution in [-0.2, 0) is 9.59 Å². The summed E-state index contributed by atoms with van der Waals surface area (Å²) in [7, 11) is 0. The van der Waals surface area contributed by atoms with Crippen LogP contribution in [0.2, 0.25) is 0 Å². The minimum atomic E-state index is -0.804. The van der Waals surface area contributed by atoms with Gasteiger partial charge in [0.05, 0.1) is 12.6 Å². The van der Waals surface area contributed by atoms with Crippen LogP contribution in [0.3, 0.4) is 0 Å². The molecule has 1 heterocycles. The molecule has 0 spiro atoms. The first-order chi connectivity index (χ1) is 8.18. The number of hydrogen-bond acceptors (Lipinski definition) is 3. The number of piperidine rings is 1. The van der Waals surface area contributed by atoms with Crippen LogP contribution in [0.25, 0.3) is 0 Å². The summed E-state index contributed by atoms with van der Waals surface area (Å²) in [5.74, 6) is -0.368. The second kappa shape index (κ2) is 5.10. The zero-order valence-corrected chi connectivity index (χ0v) is 9.50. The van der Waals surface area contributed by atoms with Gasteiger partial charge in [0.25, 0.3) is 0 Å². The zero-order chi connectivity index (χ0) is 12.3. The van der Waals surface area contributed by atoms with Gasteiger partial charge in [-0.3, -0.25) is 14.5 Å². The van der Waals surface area contributed by atoms with Gasteiger partial charge >= 0.3 is 0 Å². The van der Waals surface area contributed by atoms with Crippen molar-refractivity contribution in [2.75, 3.05) is 6.54 Å². The molecule has 0 bridgehead atoms. The Labute approximate surface area is 99.9 Å². The Kier molecular flexibility index (Phi) is 3.54. The van der Waals surface area contributed by atoms with Crippen molar-refractivity contribution < 1.29 is 14.7 Å². The first-order valence-corrected chi connectivity index (χ1v) is 5.74. The van der Waals surface area contributed by atoms with Crippen molar-refractivity contribution in [3.63, 3.8) is 0 Å². The van der Waals surface area contributed by atoms with Crippen molar-refractivity contribution in [2.24, 2.45) is 0 Å². The maximum atomic E-state index is 11.6. The van der Waals surface area contributed by atoms with E-state index in [-0.39, 0.29) is 18.4 Å². The highest BCUT2D eigenvalue weighted by atomic mass is 16.3. The molecule has 1 atom stereocenters. The number of imide groups is 1. The Morgan fingerprint density at radius 3 is 2.29 bits per heavy atom. The monoisotopic (exact) mass is 233 g/mol. The third kappa shape index (κ3) is 2.71. The SMILES string of the molecule is O=C1CCCC(=O)N1CC(O)c1ccccc1. The molecule has 2 amide bonds. The Bertz CT molecular complexity index is 400. The van der Waals surface area contributed by atoms with E-state index in [1.165, 1.54) is 4.90 Å². The zero-order valence-electron chi connectivity index (χ0n) is 9.50. The number of likely N-dealkylation sites (tertiary alicyclic amines) is 1. The number of β-amino-alcohol motifs (C(OH)–C–C–N with tert-alkyl or cyclic N) is 1. The Hall–Kier alpha value is -1.68. The smallest absolute Gasteiger partial charge is 0.229 e. The van der Waals surface area contributed by atoms with Crippen LogP contribution >= 0.6 is 0 Å². The highest BCUT2D eigenvalue weighted by Gasteiger charge is 2.27. The number of aliphatic hydroxyl groups excluding tert-OH is 1. The number of rotatable bonds is 3. The molecule has 90 valence electrons. The van der Waals surface area contributed by atoms with Crippen molar-refractivity contribution in [3.8, 4) is 0 Å². The summed E-state index contributed by atoms with van der Waals surface area (Å²) in [5.41, 5.74) is 0.721. The average Bonchev–Trinajstić information content (AvgIpc) is 2.35. The summed E-state index contributed by atoms with van der Waals surface area (Å²) in [4.78, 5) is 24.3. The predicted molar refractivity (Wildman–Crippen MR) is 62.0 cm³/mol. The Morgan fingerprint density at radius 2 is 1.71 bits per heavy atom. The molecule has 4 heteroatoms. The van der Waals surface area contributed by atoms with Crippen molar-refractivity contribution in [1.82, 2.24) is 4.90 Å². The van der Waals surface area contributed by atoms with Gasteiger partial charge in [-0.1, -0.05) is 30.3 Å². The molecule has 4 nitrogen and oxygen atoms in total. The predicted octanol–water partition coefficient (Wildman–Crippen LogP) is 1.26. The third-order valence-corrected chi connectivity index (χ3v) is 2.92. The summed E-state index contributed by atoms with van der Waals surface area (Å²) in [5, 5.41) is 9.96. The number of aliphatic hydroxyl groups is 1. The van der Waals surface area contributed by atoms with E-state index in [1.807, 2.05) is 18.2 Å². The van der Waals surface area contributed by atoms with Gasteiger partial charge in [-0.05, 0) is 12.0 Å². The van der Waals surface area contributed by atoms with E-state index in [0.29, 0.717) is 19.3 Å². The summed E-state index contributed by atoms with van der Waals surface area (Å²) >= 11 is 0. The first kappa shape index (κ1) is 11.8. The van der Waals surface area contributed by atoms with Crippen LogP contribution in [-0.4, -0.2) is 28.4 Å².